The minimum atomic E-state index is -0.207. The van der Waals surface area contributed by atoms with Crippen molar-refractivity contribution in [3.8, 4) is 0 Å². The van der Waals surface area contributed by atoms with Gasteiger partial charge >= 0.3 is 0 Å². The number of aromatic nitrogens is 3. The maximum absolute atomic E-state index is 9.64. The van der Waals surface area contributed by atoms with E-state index >= 15 is 0 Å². The Bertz CT molecular complexity index is 746. The zero-order valence-corrected chi connectivity index (χ0v) is 14.2. The first-order valence-corrected chi connectivity index (χ1v) is 8.77. The first kappa shape index (κ1) is 15.9. The molecule has 4 rings (SSSR count). The Morgan fingerprint density at radius 2 is 2.00 bits per heavy atom. The number of nitrogens with zero attached hydrogens (tertiary/aromatic N) is 4. The Kier molecular flexibility index (Phi) is 4.27. The van der Waals surface area contributed by atoms with Gasteiger partial charge in [-0.3, -0.25) is 0 Å². The summed E-state index contributed by atoms with van der Waals surface area (Å²) in [5.41, 5.74) is 2.07. The molecule has 2 aliphatic rings. The average molecular weight is 341 g/mol. The zero-order chi connectivity index (χ0) is 17.2. The van der Waals surface area contributed by atoms with Crippen LogP contribution in [0.3, 0.4) is 0 Å². The van der Waals surface area contributed by atoms with Gasteiger partial charge in [0.1, 0.15) is 11.6 Å². The highest BCUT2D eigenvalue weighted by Gasteiger charge is 2.20. The largest absolute Gasteiger partial charge is 0.393 e. The standard InChI is InChI=1S/C17H23N7O/c1-2-14-20-12-9-16(19-10-13(12)21-14)22-15-3-6-18-17(23-15)24-7-4-11(25)5-8-24/h3,6,9-11,14,20-21,25H,2,4-5,7-8H2,1H3,(H,18,19,22,23). The van der Waals surface area contributed by atoms with Gasteiger partial charge in [-0.2, -0.15) is 4.98 Å². The van der Waals surface area contributed by atoms with E-state index in [-0.39, 0.29) is 12.3 Å². The highest BCUT2D eigenvalue weighted by atomic mass is 16.3. The van der Waals surface area contributed by atoms with Gasteiger partial charge in [-0.25, -0.2) is 9.97 Å². The Morgan fingerprint density at radius 3 is 2.80 bits per heavy atom. The molecule has 0 aliphatic carbocycles. The van der Waals surface area contributed by atoms with E-state index in [9.17, 15) is 5.11 Å². The summed E-state index contributed by atoms with van der Waals surface area (Å²) in [6.45, 7) is 3.68. The summed E-state index contributed by atoms with van der Waals surface area (Å²) in [6, 6.07) is 3.81. The fourth-order valence-corrected chi connectivity index (χ4v) is 3.14. The van der Waals surface area contributed by atoms with Crippen LogP contribution in [0.5, 0.6) is 0 Å². The third kappa shape index (κ3) is 3.43. The molecule has 8 nitrogen and oxygen atoms in total. The van der Waals surface area contributed by atoms with Crippen LogP contribution in [0.1, 0.15) is 26.2 Å². The van der Waals surface area contributed by atoms with Gasteiger partial charge in [-0.15, -0.1) is 0 Å². The highest BCUT2D eigenvalue weighted by Crippen LogP contribution is 2.31. The van der Waals surface area contributed by atoms with Crippen molar-refractivity contribution in [2.24, 2.45) is 0 Å². The van der Waals surface area contributed by atoms with Gasteiger partial charge < -0.3 is 26.0 Å². The predicted octanol–water partition coefficient (Wildman–Crippen LogP) is 2.15. The summed E-state index contributed by atoms with van der Waals surface area (Å²) in [5.74, 6) is 2.13. The lowest BCUT2D eigenvalue weighted by atomic mass is 10.1. The Morgan fingerprint density at radius 1 is 1.20 bits per heavy atom. The predicted molar refractivity (Wildman–Crippen MR) is 98.3 cm³/mol. The summed E-state index contributed by atoms with van der Waals surface area (Å²) < 4.78 is 0. The first-order chi connectivity index (χ1) is 12.2. The Balaban J connectivity index is 1.48. The third-order valence-corrected chi connectivity index (χ3v) is 4.62. The van der Waals surface area contributed by atoms with Gasteiger partial charge in [-0.05, 0) is 25.3 Å². The molecule has 4 heterocycles. The normalized spacial score (nSPS) is 19.9. The lowest BCUT2D eigenvalue weighted by Crippen LogP contribution is -2.36. The topological polar surface area (TPSA) is 98.2 Å². The van der Waals surface area contributed by atoms with Crippen molar-refractivity contribution < 1.29 is 5.11 Å². The zero-order valence-electron chi connectivity index (χ0n) is 14.2. The molecular weight excluding hydrogens is 318 g/mol. The number of hydrogen-bond donors (Lipinski definition) is 4. The summed E-state index contributed by atoms with van der Waals surface area (Å²) >= 11 is 0. The van der Waals surface area contributed by atoms with Crippen LogP contribution < -0.4 is 20.9 Å². The molecule has 1 atom stereocenters. The van der Waals surface area contributed by atoms with Gasteiger partial charge in [0.05, 0.1) is 29.8 Å². The van der Waals surface area contributed by atoms with Crippen LogP contribution in [0.4, 0.5) is 29.0 Å². The smallest absolute Gasteiger partial charge is 0.227 e. The van der Waals surface area contributed by atoms with Crippen LogP contribution in [-0.4, -0.2) is 45.4 Å². The highest BCUT2D eigenvalue weighted by molar-refractivity contribution is 5.77. The molecule has 0 radical (unpaired) electrons. The van der Waals surface area contributed by atoms with E-state index in [1.165, 1.54) is 0 Å². The quantitative estimate of drug-likeness (QED) is 0.671. The molecule has 8 heteroatoms. The number of nitrogens with one attached hydrogen (secondary N) is 3. The number of aliphatic hydroxyl groups is 1. The summed E-state index contributed by atoms with van der Waals surface area (Å²) in [7, 11) is 0. The summed E-state index contributed by atoms with van der Waals surface area (Å²) in [5, 5.41) is 19.7. The van der Waals surface area contributed by atoms with Gasteiger partial charge in [-0.1, -0.05) is 6.92 Å². The molecule has 0 aromatic carbocycles. The maximum Gasteiger partial charge on any atom is 0.227 e. The minimum absolute atomic E-state index is 0.207. The number of piperidine rings is 1. The minimum Gasteiger partial charge on any atom is -0.393 e. The van der Waals surface area contributed by atoms with E-state index in [2.05, 4.69) is 42.7 Å². The van der Waals surface area contributed by atoms with Gasteiger partial charge in [0, 0.05) is 25.4 Å². The van der Waals surface area contributed by atoms with Gasteiger partial charge in [0.2, 0.25) is 5.95 Å². The molecule has 132 valence electrons. The van der Waals surface area contributed by atoms with Crippen LogP contribution in [0.2, 0.25) is 0 Å². The molecule has 1 unspecified atom stereocenters. The molecule has 2 aromatic heterocycles. The lowest BCUT2D eigenvalue weighted by molar-refractivity contribution is 0.145. The SMILES string of the molecule is CCC1Nc2cnc(Nc3ccnc(N4CCC(O)CC4)n3)cc2N1. The van der Waals surface area contributed by atoms with E-state index in [4.69, 9.17) is 0 Å². The van der Waals surface area contributed by atoms with E-state index in [0.29, 0.717) is 11.8 Å². The van der Waals surface area contributed by atoms with Crippen LogP contribution in [0.25, 0.3) is 0 Å². The summed E-state index contributed by atoms with van der Waals surface area (Å²) in [4.78, 5) is 15.5. The first-order valence-electron chi connectivity index (χ1n) is 8.77. The van der Waals surface area contributed by atoms with Crippen LogP contribution in [0.15, 0.2) is 24.5 Å². The Hall–Kier alpha value is -2.61. The van der Waals surface area contributed by atoms with Crippen LogP contribution in [-0.2, 0) is 0 Å². The van der Waals surface area contributed by atoms with Crippen LogP contribution >= 0.6 is 0 Å². The molecule has 1 saturated heterocycles. The fourth-order valence-electron chi connectivity index (χ4n) is 3.14. The molecule has 1 fully saturated rings. The summed E-state index contributed by atoms with van der Waals surface area (Å²) in [6.07, 6.45) is 6.13. The number of anilines is 5. The van der Waals surface area contributed by atoms with Crippen molar-refractivity contribution in [2.75, 3.05) is 33.9 Å². The van der Waals surface area contributed by atoms with Crippen molar-refractivity contribution >= 4 is 29.0 Å². The number of rotatable bonds is 4. The molecule has 0 spiro atoms. The van der Waals surface area contributed by atoms with Gasteiger partial charge in [0.25, 0.3) is 0 Å². The Labute approximate surface area is 146 Å². The van der Waals surface area contributed by atoms with E-state index in [1.54, 1.807) is 6.20 Å². The molecule has 25 heavy (non-hydrogen) atoms. The third-order valence-electron chi connectivity index (χ3n) is 4.62. The van der Waals surface area contributed by atoms with Crippen molar-refractivity contribution in [1.29, 1.82) is 0 Å². The molecule has 2 aliphatic heterocycles. The van der Waals surface area contributed by atoms with Crippen molar-refractivity contribution in [3.63, 3.8) is 0 Å². The maximum atomic E-state index is 9.64. The lowest BCUT2D eigenvalue weighted by Gasteiger charge is -2.29. The van der Waals surface area contributed by atoms with Crippen molar-refractivity contribution in [1.82, 2.24) is 15.0 Å². The second-order valence-electron chi connectivity index (χ2n) is 6.45. The van der Waals surface area contributed by atoms with Gasteiger partial charge in [0.15, 0.2) is 0 Å². The molecule has 0 amide bonds. The number of fused-ring (bicyclic) bond motifs is 1. The molecule has 0 saturated carbocycles. The van der Waals surface area contributed by atoms with E-state index < -0.39 is 0 Å². The molecule has 2 aromatic rings. The van der Waals surface area contributed by atoms with Crippen molar-refractivity contribution in [2.45, 2.75) is 38.5 Å². The molecule has 4 N–H and O–H groups in total. The number of aliphatic hydroxyl groups excluding tert-OH is 1. The van der Waals surface area contributed by atoms with E-state index in [1.807, 2.05) is 18.3 Å². The molecular formula is C17H23N7O. The van der Waals surface area contributed by atoms with Crippen molar-refractivity contribution in [3.05, 3.63) is 24.5 Å². The van der Waals surface area contributed by atoms with E-state index in [0.717, 1.165) is 49.5 Å². The number of pyridine rings is 1. The number of hydrogen-bond acceptors (Lipinski definition) is 8. The average Bonchev–Trinajstić information content (AvgIpc) is 3.05. The molecule has 0 bridgehead atoms. The monoisotopic (exact) mass is 341 g/mol. The fraction of sp³-hybridized carbons (Fsp3) is 0.471. The second-order valence-corrected chi connectivity index (χ2v) is 6.45. The second kappa shape index (κ2) is 6.72. The van der Waals surface area contributed by atoms with Crippen LogP contribution in [0, 0.1) is 0 Å².